The molecular formula is C44H60FNO15. The van der Waals surface area contributed by atoms with Crippen molar-refractivity contribution in [3.05, 3.63) is 46.8 Å². The first-order valence-electron chi connectivity index (χ1n) is 20.7. The summed E-state index contributed by atoms with van der Waals surface area (Å²) in [6.07, 6.45) is -11.9. The number of halogens is 1. The van der Waals surface area contributed by atoms with Crippen molar-refractivity contribution in [3.8, 4) is 0 Å². The third-order valence-corrected chi connectivity index (χ3v) is 12.8. The van der Waals surface area contributed by atoms with Gasteiger partial charge >= 0.3 is 30.0 Å². The number of esters is 4. The highest BCUT2D eigenvalue weighted by molar-refractivity contribution is 5.95. The monoisotopic (exact) mass is 861 g/mol. The summed E-state index contributed by atoms with van der Waals surface area (Å²) in [6.45, 7) is 16.7. The van der Waals surface area contributed by atoms with E-state index in [1.165, 1.54) is 46.8 Å². The molecule has 4 N–H and O–H groups in total. The van der Waals surface area contributed by atoms with Crippen LogP contribution in [0.25, 0.3) is 0 Å². The molecule has 16 nitrogen and oxygen atoms in total. The van der Waals surface area contributed by atoms with Crippen molar-refractivity contribution in [2.24, 2.45) is 22.7 Å². The number of ether oxygens (including phenoxy) is 6. The van der Waals surface area contributed by atoms with E-state index in [4.69, 9.17) is 28.4 Å². The van der Waals surface area contributed by atoms with E-state index in [1.54, 1.807) is 34.6 Å². The summed E-state index contributed by atoms with van der Waals surface area (Å²) in [5, 5.41) is 39.7. The minimum absolute atomic E-state index is 0.0434. The standard InChI is InChI=1S/C44H60FNO15/c1-12-30(49)58-33-31-22(4)27(57-38(53)32(50)26(16-21(2)3)46-39(54)61-40(6,7)8)19-44(55,41(31,9)10)36(59-37(52)24-14-13-15-25(45)17-24)34-42(11,35(33)51)28(48)18-29-43(34,20-56-29)60-23(5)47/h13-15,17,21,26-29,32-34,36,48,50,55H,12,16,18-20H2,1-11H3,(H,46,54)/t26-,27-,28-,29+,32+,33+,34-,36-,42+,43-,44+/m0/s1. The van der Waals surface area contributed by atoms with Crippen LogP contribution in [0.1, 0.15) is 112 Å². The lowest BCUT2D eigenvalue weighted by Gasteiger charge is -2.67. The number of alkyl carbamates (subject to hydrolysis) is 1. The van der Waals surface area contributed by atoms with Crippen molar-refractivity contribution in [1.29, 1.82) is 0 Å². The second kappa shape index (κ2) is 17.0. The summed E-state index contributed by atoms with van der Waals surface area (Å²) in [4.78, 5) is 82.9. The predicted molar refractivity (Wildman–Crippen MR) is 212 cm³/mol. The first-order valence-corrected chi connectivity index (χ1v) is 20.7. The van der Waals surface area contributed by atoms with E-state index in [9.17, 15) is 43.7 Å². The van der Waals surface area contributed by atoms with E-state index in [0.717, 1.165) is 19.1 Å². The molecule has 1 aromatic carbocycles. The lowest BCUT2D eigenvalue weighted by molar-refractivity contribution is -0.346. The first kappa shape index (κ1) is 47.6. The van der Waals surface area contributed by atoms with Gasteiger partial charge in [-0.2, -0.15) is 0 Å². The Balaban J connectivity index is 1.74. The number of fused-ring (bicyclic) bond motifs is 5. The number of ketones is 1. The number of aliphatic hydroxyl groups is 3. The Morgan fingerprint density at radius 3 is 2.26 bits per heavy atom. The van der Waals surface area contributed by atoms with Gasteiger partial charge in [-0.3, -0.25) is 14.4 Å². The van der Waals surface area contributed by atoms with Gasteiger partial charge in [0.05, 0.1) is 35.6 Å². The fourth-order valence-electron chi connectivity index (χ4n) is 9.72. The van der Waals surface area contributed by atoms with E-state index in [2.05, 4.69) is 5.32 Å². The molecule has 3 fully saturated rings. The van der Waals surface area contributed by atoms with Gasteiger partial charge in [0, 0.05) is 31.6 Å². The van der Waals surface area contributed by atoms with E-state index >= 15 is 4.79 Å². The molecule has 338 valence electrons. The molecule has 4 aliphatic rings. The third-order valence-electron chi connectivity index (χ3n) is 12.8. The fourth-order valence-corrected chi connectivity index (χ4v) is 9.72. The van der Waals surface area contributed by atoms with Gasteiger partial charge in [0.15, 0.2) is 23.6 Å². The van der Waals surface area contributed by atoms with Crippen LogP contribution in [0.2, 0.25) is 0 Å². The van der Waals surface area contributed by atoms with Gasteiger partial charge in [0.2, 0.25) is 0 Å². The Kier molecular flexibility index (Phi) is 13.3. The van der Waals surface area contributed by atoms with Crippen LogP contribution in [0.4, 0.5) is 9.18 Å². The van der Waals surface area contributed by atoms with Crippen molar-refractivity contribution in [2.75, 3.05) is 6.61 Å². The largest absolute Gasteiger partial charge is 0.456 e. The van der Waals surface area contributed by atoms with Crippen LogP contribution in [0, 0.1) is 28.5 Å². The van der Waals surface area contributed by atoms with Gasteiger partial charge in [-0.25, -0.2) is 18.8 Å². The second-order valence-corrected chi connectivity index (χ2v) is 18.9. The summed E-state index contributed by atoms with van der Waals surface area (Å²) in [7, 11) is 0. The smallest absolute Gasteiger partial charge is 0.407 e. The molecule has 2 saturated carbocycles. The van der Waals surface area contributed by atoms with Gasteiger partial charge in [-0.1, -0.05) is 40.7 Å². The molecule has 1 aliphatic heterocycles. The number of aliphatic hydroxyl groups excluding tert-OH is 2. The maximum Gasteiger partial charge on any atom is 0.407 e. The quantitative estimate of drug-likeness (QED) is 0.140. The Labute approximate surface area is 354 Å². The van der Waals surface area contributed by atoms with Gasteiger partial charge in [-0.05, 0) is 76.3 Å². The number of rotatable bonds is 11. The van der Waals surface area contributed by atoms with Crippen molar-refractivity contribution in [3.63, 3.8) is 0 Å². The van der Waals surface area contributed by atoms with Gasteiger partial charge in [-0.15, -0.1) is 0 Å². The number of nitrogens with one attached hydrogen (secondary N) is 1. The number of amides is 1. The molecule has 0 radical (unpaired) electrons. The lowest BCUT2D eigenvalue weighted by atomic mass is 9.44. The molecule has 11 atom stereocenters. The van der Waals surface area contributed by atoms with Crippen LogP contribution in [-0.4, -0.2) is 117 Å². The molecule has 17 heteroatoms. The van der Waals surface area contributed by atoms with Gasteiger partial charge < -0.3 is 49.1 Å². The van der Waals surface area contributed by atoms with Crippen LogP contribution in [-0.2, 0) is 47.6 Å². The number of benzene rings is 1. The molecule has 0 spiro atoms. The second-order valence-electron chi connectivity index (χ2n) is 18.9. The minimum atomic E-state index is -2.47. The van der Waals surface area contributed by atoms with Crippen molar-refractivity contribution in [1.82, 2.24) is 5.32 Å². The van der Waals surface area contributed by atoms with Crippen LogP contribution < -0.4 is 5.32 Å². The highest BCUT2D eigenvalue weighted by Gasteiger charge is 2.78. The summed E-state index contributed by atoms with van der Waals surface area (Å²) < 4.78 is 50.0. The molecule has 1 heterocycles. The molecule has 1 amide bonds. The zero-order chi connectivity index (χ0) is 45.8. The van der Waals surface area contributed by atoms with Crippen molar-refractivity contribution >= 4 is 35.8 Å². The Hall–Kier alpha value is -4.45. The zero-order valence-corrected chi connectivity index (χ0v) is 36.7. The molecule has 61 heavy (non-hydrogen) atoms. The Morgan fingerprint density at radius 2 is 1.72 bits per heavy atom. The fraction of sp³-hybridized carbons (Fsp3) is 0.682. The number of Topliss-reactive ketones (excluding diaryl/α,β-unsaturated/α-hetero) is 1. The SMILES string of the molecule is CCC(=O)O[C@H]1C(=O)[C@@]2(C)[C@H]([C@H](OC(=O)c3cccc(F)c3)[C@]3(O)C[C@H](OC(=O)[C@H](O)[C@H](CC(C)C)NC(=O)OC(C)(C)C)C(C)=C1C3(C)C)[C@]1(OC(C)=O)CO[C@@H]1C[C@@H]2O. The van der Waals surface area contributed by atoms with E-state index in [1.807, 2.05) is 0 Å². The topological polar surface area (TPSA) is 231 Å². The van der Waals surface area contributed by atoms with E-state index in [-0.39, 0.29) is 48.5 Å². The normalized spacial score (nSPS) is 32.7. The van der Waals surface area contributed by atoms with Crippen LogP contribution >= 0.6 is 0 Å². The lowest BCUT2D eigenvalue weighted by Crippen LogP contribution is -2.82. The minimum Gasteiger partial charge on any atom is -0.456 e. The number of carbonyl (C=O) groups is 6. The van der Waals surface area contributed by atoms with Crippen LogP contribution in [0.15, 0.2) is 35.4 Å². The Bertz CT molecular complexity index is 1960. The molecule has 1 aromatic rings. The Morgan fingerprint density at radius 1 is 1.07 bits per heavy atom. The summed E-state index contributed by atoms with van der Waals surface area (Å²) in [5.41, 5.74) is -9.25. The molecule has 0 unspecified atom stereocenters. The summed E-state index contributed by atoms with van der Waals surface area (Å²) in [6, 6.07) is 3.32. The maximum absolute atomic E-state index is 15.5. The van der Waals surface area contributed by atoms with E-state index < -0.39 is 124 Å². The predicted octanol–water partition coefficient (Wildman–Crippen LogP) is 4.03. The van der Waals surface area contributed by atoms with Crippen molar-refractivity contribution < 1.29 is 76.9 Å². The molecule has 3 aliphatic carbocycles. The molecule has 5 rings (SSSR count). The highest BCUT2D eigenvalue weighted by atomic mass is 19.1. The average molecular weight is 862 g/mol. The van der Waals surface area contributed by atoms with Crippen LogP contribution in [0.5, 0.6) is 0 Å². The van der Waals surface area contributed by atoms with Crippen molar-refractivity contribution in [2.45, 2.75) is 161 Å². The number of carbonyl (C=O) groups excluding carboxylic acids is 6. The molecule has 1 saturated heterocycles. The van der Waals surface area contributed by atoms with Crippen LogP contribution in [0.3, 0.4) is 0 Å². The zero-order valence-electron chi connectivity index (χ0n) is 36.7. The number of hydrogen-bond donors (Lipinski definition) is 4. The average Bonchev–Trinajstić information content (AvgIpc) is 3.14. The molecule has 0 aromatic heterocycles. The molecular weight excluding hydrogens is 801 g/mol. The number of hydrogen-bond acceptors (Lipinski definition) is 15. The highest BCUT2D eigenvalue weighted by Crippen LogP contribution is 2.64. The molecule has 2 bridgehead atoms. The summed E-state index contributed by atoms with van der Waals surface area (Å²) in [5.74, 6) is -7.53. The van der Waals surface area contributed by atoms with E-state index in [0.29, 0.717) is 0 Å². The maximum atomic E-state index is 15.5. The van der Waals surface area contributed by atoms with Gasteiger partial charge in [0.1, 0.15) is 35.3 Å². The summed E-state index contributed by atoms with van der Waals surface area (Å²) >= 11 is 0. The third kappa shape index (κ3) is 8.67. The first-order chi connectivity index (χ1) is 28.1. The van der Waals surface area contributed by atoms with Gasteiger partial charge in [0.25, 0.3) is 0 Å².